The van der Waals surface area contributed by atoms with E-state index in [1.54, 1.807) is 0 Å². The molecule has 1 fully saturated rings. The molecule has 0 radical (unpaired) electrons. The highest BCUT2D eigenvalue weighted by molar-refractivity contribution is 5.74. The molecule has 2 amide bonds. The van der Waals surface area contributed by atoms with Gasteiger partial charge in [-0.3, -0.25) is 0 Å². The Kier molecular flexibility index (Phi) is 6.17. The van der Waals surface area contributed by atoms with Crippen LogP contribution in [0.5, 0.6) is 0 Å². The minimum atomic E-state index is -0.222. The van der Waals surface area contributed by atoms with Crippen LogP contribution < -0.4 is 10.6 Å². The fraction of sp³-hybridized carbons (Fsp3) is 0.800. The molecule has 0 aromatic carbocycles. The summed E-state index contributed by atoms with van der Waals surface area (Å²) in [7, 11) is 0. The summed E-state index contributed by atoms with van der Waals surface area (Å²) in [5.74, 6) is 3.70. The fourth-order valence-corrected chi connectivity index (χ4v) is 2.43. The fourth-order valence-electron chi connectivity index (χ4n) is 2.43. The molecule has 1 aliphatic heterocycles. The maximum atomic E-state index is 11.8. The molecule has 19 heavy (non-hydrogen) atoms. The molecule has 0 unspecified atom stereocenters. The van der Waals surface area contributed by atoms with Crippen LogP contribution in [0.25, 0.3) is 0 Å². The van der Waals surface area contributed by atoms with E-state index in [-0.39, 0.29) is 24.1 Å². The molecule has 2 N–H and O–H groups in total. The molecule has 1 aliphatic rings. The lowest BCUT2D eigenvalue weighted by Crippen LogP contribution is -2.46. The van der Waals surface area contributed by atoms with Gasteiger partial charge in [-0.1, -0.05) is 33.6 Å². The number of carbonyl (C=O) groups is 1. The zero-order valence-corrected chi connectivity index (χ0v) is 12.4. The monoisotopic (exact) mass is 266 g/mol. The van der Waals surface area contributed by atoms with Gasteiger partial charge in [0.25, 0.3) is 0 Å². The van der Waals surface area contributed by atoms with E-state index in [2.05, 4.69) is 30.4 Å². The lowest BCUT2D eigenvalue weighted by Gasteiger charge is -2.23. The van der Waals surface area contributed by atoms with Crippen molar-refractivity contribution in [2.75, 3.05) is 13.2 Å². The predicted molar refractivity (Wildman–Crippen MR) is 76.7 cm³/mol. The van der Waals surface area contributed by atoms with E-state index >= 15 is 0 Å². The van der Waals surface area contributed by atoms with Crippen molar-refractivity contribution in [1.82, 2.24) is 10.6 Å². The molecule has 0 bridgehead atoms. The first-order valence-corrected chi connectivity index (χ1v) is 7.07. The Bertz CT molecular complexity index is 334. The zero-order chi connectivity index (χ0) is 14.4. The number of hydrogen-bond acceptors (Lipinski definition) is 2. The Morgan fingerprint density at radius 3 is 2.63 bits per heavy atom. The van der Waals surface area contributed by atoms with E-state index < -0.39 is 0 Å². The lowest BCUT2D eigenvalue weighted by atomic mass is 9.93. The van der Waals surface area contributed by atoms with E-state index in [9.17, 15) is 4.79 Å². The molecule has 0 aromatic heterocycles. The lowest BCUT2D eigenvalue weighted by molar-refractivity contribution is 0.0545. The van der Waals surface area contributed by atoms with Crippen molar-refractivity contribution in [1.29, 1.82) is 0 Å². The van der Waals surface area contributed by atoms with Crippen molar-refractivity contribution in [3.63, 3.8) is 0 Å². The van der Waals surface area contributed by atoms with Crippen LogP contribution in [0, 0.1) is 30.1 Å². The number of nitrogens with one attached hydrogen (secondary N) is 2. The second-order valence-electron chi connectivity index (χ2n) is 5.87. The number of terminal acetylenes is 1. The summed E-state index contributed by atoms with van der Waals surface area (Å²) in [5, 5.41) is 5.71. The summed E-state index contributed by atoms with van der Waals surface area (Å²) in [6.45, 7) is 9.71. The van der Waals surface area contributed by atoms with Gasteiger partial charge in [-0.15, -0.1) is 6.42 Å². The summed E-state index contributed by atoms with van der Waals surface area (Å²) >= 11 is 0. The van der Waals surface area contributed by atoms with Crippen molar-refractivity contribution >= 4 is 6.03 Å². The van der Waals surface area contributed by atoms with Crippen LogP contribution >= 0.6 is 0 Å². The topological polar surface area (TPSA) is 50.4 Å². The SMILES string of the molecule is C#C[C@H](NC(=O)NC[C@@H]1CCO[C@@H]1C(C)C)C(C)C. The molecule has 1 rings (SSSR count). The molecule has 108 valence electrons. The number of ether oxygens (including phenoxy) is 1. The molecule has 0 spiro atoms. The highest BCUT2D eigenvalue weighted by Gasteiger charge is 2.30. The highest BCUT2D eigenvalue weighted by Crippen LogP contribution is 2.25. The first-order chi connectivity index (χ1) is 8.95. The van der Waals surface area contributed by atoms with Crippen LogP contribution in [0.4, 0.5) is 4.79 Å². The number of amides is 2. The summed E-state index contributed by atoms with van der Waals surface area (Å²) in [6, 6.07) is -0.410. The van der Waals surface area contributed by atoms with Crippen molar-refractivity contribution < 1.29 is 9.53 Å². The molecule has 4 heteroatoms. The minimum absolute atomic E-state index is 0.189. The van der Waals surface area contributed by atoms with Crippen LogP contribution in [0.3, 0.4) is 0 Å². The second kappa shape index (κ2) is 7.40. The largest absolute Gasteiger partial charge is 0.378 e. The molecule has 4 nitrogen and oxygen atoms in total. The minimum Gasteiger partial charge on any atom is -0.378 e. The van der Waals surface area contributed by atoms with Crippen molar-refractivity contribution in [2.45, 2.75) is 46.3 Å². The molecule has 0 aromatic rings. The molecular weight excluding hydrogens is 240 g/mol. The van der Waals surface area contributed by atoms with Gasteiger partial charge in [0.05, 0.1) is 12.1 Å². The van der Waals surface area contributed by atoms with Gasteiger partial charge in [-0.05, 0) is 18.3 Å². The van der Waals surface area contributed by atoms with Gasteiger partial charge in [0.1, 0.15) is 0 Å². The van der Waals surface area contributed by atoms with Gasteiger partial charge in [0.15, 0.2) is 0 Å². The Morgan fingerprint density at radius 1 is 1.42 bits per heavy atom. The van der Waals surface area contributed by atoms with Gasteiger partial charge in [0, 0.05) is 19.1 Å². The Morgan fingerprint density at radius 2 is 2.11 bits per heavy atom. The molecular formula is C15H26N2O2. The van der Waals surface area contributed by atoms with Crippen molar-refractivity contribution in [2.24, 2.45) is 17.8 Å². The summed E-state index contributed by atoms with van der Waals surface area (Å²) < 4.78 is 5.70. The number of carbonyl (C=O) groups excluding carboxylic acids is 1. The molecule has 0 aliphatic carbocycles. The average Bonchev–Trinajstić information content (AvgIpc) is 2.81. The van der Waals surface area contributed by atoms with Crippen LogP contribution in [-0.4, -0.2) is 31.3 Å². The van der Waals surface area contributed by atoms with Crippen LogP contribution in [0.15, 0.2) is 0 Å². The van der Waals surface area contributed by atoms with Crippen molar-refractivity contribution in [3.8, 4) is 12.3 Å². The summed E-state index contributed by atoms with van der Waals surface area (Å²) in [6.07, 6.45) is 6.64. The van der Waals surface area contributed by atoms with E-state index in [1.165, 1.54) is 0 Å². The molecule has 1 saturated heterocycles. The van der Waals surface area contributed by atoms with Crippen molar-refractivity contribution in [3.05, 3.63) is 0 Å². The normalized spacial score (nSPS) is 24.3. The molecule has 3 atom stereocenters. The third-order valence-corrected chi connectivity index (χ3v) is 3.58. The second-order valence-corrected chi connectivity index (χ2v) is 5.87. The van der Waals surface area contributed by atoms with Gasteiger partial charge < -0.3 is 15.4 Å². The first kappa shape index (κ1) is 15.8. The summed E-state index contributed by atoms with van der Waals surface area (Å²) in [5.41, 5.74) is 0. The number of rotatable bonds is 5. The van der Waals surface area contributed by atoms with E-state index in [4.69, 9.17) is 11.2 Å². The summed E-state index contributed by atoms with van der Waals surface area (Å²) in [4.78, 5) is 11.8. The Labute approximate surface area is 116 Å². The third kappa shape index (κ3) is 4.76. The third-order valence-electron chi connectivity index (χ3n) is 3.58. The van der Waals surface area contributed by atoms with Crippen LogP contribution in [0.1, 0.15) is 34.1 Å². The predicted octanol–water partition coefficient (Wildman–Crippen LogP) is 2.00. The van der Waals surface area contributed by atoms with Crippen LogP contribution in [-0.2, 0) is 4.74 Å². The van der Waals surface area contributed by atoms with E-state index in [1.807, 2.05) is 13.8 Å². The standard InChI is InChI=1S/C15H26N2O2/c1-6-13(10(2)3)17-15(18)16-9-12-7-8-19-14(12)11(4)5/h1,10-14H,7-9H2,2-5H3,(H2,16,17,18)/t12-,13-,14+/m0/s1. The quantitative estimate of drug-likeness (QED) is 0.748. The number of hydrogen-bond donors (Lipinski definition) is 2. The van der Waals surface area contributed by atoms with Gasteiger partial charge in [-0.25, -0.2) is 4.79 Å². The number of urea groups is 1. The van der Waals surface area contributed by atoms with Gasteiger partial charge in [-0.2, -0.15) is 0 Å². The Balaban J connectivity index is 2.36. The maximum Gasteiger partial charge on any atom is 0.315 e. The maximum absolute atomic E-state index is 11.8. The van der Waals surface area contributed by atoms with Gasteiger partial charge >= 0.3 is 6.03 Å². The highest BCUT2D eigenvalue weighted by atomic mass is 16.5. The molecule has 1 heterocycles. The zero-order valence-electron chi connectivity index (χ0n) is 12.4. The molecule has 0 saturated carbocycles. The first-order valence-electron chi connectivity index (χ1n) is 7.07. The van der Waals surface area contributed by atoms with Gasteiger partial charge in [0.2, 0.25) is 0 Å². The smallest absolute Gasteiger partial charge is 0.315 e. The average molecular weight is 266 g/mol. The Hall–Kier alpha value is -1.21. The van der Waals surface area contributed by atoms with E-state index in [0.717, 1.165) is 13.0 Å². The van der Waals surface area contributed by atoms with Crippen LogP contribution in [0.2, 0.25) is 0 Å². The van der Waals surface area contributed by atoms with E-state index in [0.29, 0.717) is 18.4 Å².